The lowest BCUT2D eigenvalue weighted by Gasteiger charge is -2.24. The van der Waals surface area contributed by atoms with E-state index in [-0.39, 0.29) is 12.3 Å². The molecule has 0 rings (SSSR count). The van der Waals surface area contributed by atoms with Crippen LogP contribution in [-0.2, 0) is 23.3 Å². The summed E-state index contributed by atoms with van der Waals surface area (Å²) in [6, 6.07) is 0.412. The molecule has 0 aliphatic rings. The minimum absolute atomic E-state index is 0.0640. The Hall–Kier alpha value is 0.00688. The first-order valence-electron chi connectivity index (χ1n) is 4.58. The molecule has 0 aromatic carbocycles. The van der Waals surface area contributed by atoms with E-state index < -0.39 is 18.8 Å². The monoisotopic (exact) mass is 257 g/mol. The number of rotatable bonds is 8. The molecule has 0 atom stereocenters. The molecular weight excluding hydrogens is 238 g/mol. The van der Waals surface area contributed by atoms with Crippen LogP contribution in [-0.4, -0.2) is 50.8 Å². The molecule has 0 unspecified atom stereocenters. The molecule has 0 bridgehead atoms. The zero-order valence-corrected chi connectivity index (χ0v) is 11.4. The van der Waals surface area contributed by atoms with Crippen molar-refractivity contribution in [2.45, 2.75) is 13.0 Å². The van der Waals surface area contributed by atoms with Crippen molar-refractivity contribution in [1.82, 2.24) is 4.72 Å². The van der Waals surface area contributed by atoms with Gasteiger partial charge in [-0.1, -0.05) is 0 Å². The van der Waals surface area contributed by atoms with E-state index in [1.54, 1.807) is 6.92 Å². The summed E-state index contributed by atoms with van der Waals surface area (Å²) in [5.74, 6) is 0.0640. The maximum Gasteiger partial charge on any atom is 0.501 e. The number of hydrogen-bond acceptors (Lipinski definition) is 5. The van der Waals surface area contributed by atoms with Crippen molar-refractivity contribution < 1.29 is 21.7 Å². The van der Waals surface area contributed by atoms with Gasteiger partial charge in [-0.25, -0.2) is 13.1 Å². The van der Waals surface area contributed by atoms with Gasteiger partial charge < -0.3 is 13.3 Å². The van der Waals surface area contributed by atoms with Crippen LogP contribution in [0.4, 0.5) is 0 Å². The molecule has 92 valence electrons. The van der Waals surface area contributed by atoms with E-state index in [1.807, 2.05) is 0 Å². The van der Waals surface area contributed by atoms with Gasteiger partial charge in [-0.3, -0.25) is 0 Å². The Labute approximate surface area is 92.3 Å². The molecule has 1 N–H and O–H groups in total. The van der Waals surface area contributed by atoms with E-state index >= 15 is 0 Å². The van der Waals surface area contributed by atoms with Gasteiger partial charge in [-0.15, -0.1) is 0 Å². The van der Waals surface area contributed by atoms with Gasteiger partial charge >= 0.3 is 8.80 Å². The fraction of sp³-hybridized carbons (Fsp3) is 1.00. The summed E-state index contributed by atoms with van der Waals surface area (Å²) in [5.41, 5.74) is 0. The van der Waals surface area contributed by atoms with Crippen LogP contribution in [0.5, 0.6) is 0 Å². The third kappa shape index (κ3) is 5.04. The lowest BCUT2D eigenvalue weighted by Crippen LogP contribution is -2.45. The van der Waals surface area contributed by atoms with E-state index in [2.05, 4.69) is 4.72 Å². The highest BCUT2D eigenvalue weighted by Crippen LogP contribution is 2.11. The highest BCUT2D eigenvalue weighted by molar-refractivity contribution is 7.89. The first-order chi connectivity index (χ1) is 6.95. The van der Waals surface area contributed by atoms with Crippen LogP contribution in [0.2, 0.25) is 6.04 Å². The van der Waals surface area contributed by atoms with Crippen LogP contribution >= 0.6 is 0 Å². The lowest BCUT2D eigenvalue weighted by atomic mass is 10.8. The van der Waals surface area contributed by atoms with Crippen LogP contribution in [0.15, 0.2) is 0 Å². The molecule has 0 spiro atoms. The van der Waals surface area contributed by atoms with E-state index in [9.17, 15) is 8.42 Å². The van der Waals surface area contributed by atoms with Crippen molar-refractivity contribution in [3.05, 3.63) is 0 Å². The fourth-order valence-electron chi connectivity index (χ4n) is 1.02. The molecule has 0 saturated carbocycles. The maximum absolute atomic E-state index is 11.1. The summed E-state index contributed by atoms with van der Waals surface area (Å²) < 4.78 is 40.1. The van der Waals surface area contributed by atoms with Crippen LogP contribution < -0.4 is 4.72 Å². The standard InChI is InChI=1S/C7H19NO5SSi/c1-5-14(9,10)8-6-7-15(11-2,12-3)13-4/h8H,5-7H2,1-4H3. The van der Waals surface area contributed by atoms with E-state index in [0.29, 0.717) is 6.04 Å². The van der Waals surface area contributed by atoms with Gasteiger partial charge in [0.1, 0.15) is 0 Å². The molecule has 8 heteroatoms. The number of hydrogen-bond donors (Lipinski definition) is 1. The quantitative estimate of drug-likeness (QED) is 0.610. The smallest absolute Gasteiger partial charge is 0.377 e. The van der Waals surface area contributed by atoms with Crippen LogP contribution in [0.1, 0.15) is 6.92 Å². The third-order valence-corrected chi connectivity index (χ3v) is 6.20. The highest BCUT2D eigenvalue weighted by Gasteiger charge is 2.37. The summed E-state index contributed by atoms with van der Waals surface area (Å²) in [6.45, 7) is 1.84. The Balaban J connectivity index is 4.13. The average Bonchev–Trinajstić information content (AvgIpc) is 2.25. The molecular formula is C7H19NO5SSi. The molecule has 0 saturated heterocycles. The van der Waals surface area contributed by atoms with Crippen molar-refractivity contribution >= 4 is 18.8 Å². The molecule has 0 radical (unpaired) electrons. The summed E-state index contributed by atoms with van der Waals surface area (Å²) in [5, 5.41) is 0. The fourth-order valence-corrected chi connectivity index (χ4v) is 3.36. The zero-order valence-electron chi connectivity index (χ0n) is 9.57. The summed E-state index contributed by atoms with van der Waals surface area (Å²) in [7, 11) is -1.34. The van der Waals surface area contributed by atoms with Gasteiger partial charge in [-0.2, -0.15) is 0 Å². The van der Waals surface area contributed by atoms with Gasteiger partial charge in [0, 0.05) is 33.9 Å². The Morgan fingerprint density at radius 3 is 1.93 bits per heavy atom. The molecule has 0 amide bonds. The normalized spacial score (nSPS) is 13.1. The lowest BCUT2D eigenvalue weighted by molar-refractivity contribution is 0.124. The van der Waals surface area contributed by atoms with Crippen molar-refractivity contribution in [2.24, 2.45) is 0 Å². The van der Waals surface area contributed by atoms with Gasteiger partial charge in [0.15, 0.2) is 0 Å². The summed E-state index contributed by atoms with van der Waals surface area (Å²) >= 11 is 0. The van der Waals surface area contributed by atoms with E-state index in [1.165, 1.54) is 21.3 Å². The van der Waals surface area contributed by atoms with Crippen molar-refractivity contribution in [1.29, 1.82) is 0 Å². The van der Waals surface area contributed by atoms with Crippen molar-refractivity contribution in [3.8, 4) is 0 Å². The predicted molar refractivity (Wildman–Crippen MR) is 59.1 cm³/mol. The zero-order chi connectivity index (χ0) is 11.9. The Morgan fingerprint density at radius 2 is 1.60 bits per heavy atom. The minimum atomic E-state index is -3.16. The molecule has 0 fully saturated rings. The molecule has 0 heterocycles. The Bertz CT molecular complexity index is 256. The van der Waals surface area contributed by atoms with Gasteiger partial charge in [-0.05, 0) is 6.92 Å². The van der Waals surface area contributed by atoms with Crippen molar-refractivity contribution in [2.75, 3.05) is 33.6 Å². The SMILES string of the molecule is CCS(=O)(=O)NCC[Si](OC)(OC)OC. The summed E-state index contributed by atoms with van der Waals surface area (Å²) in [6.07, 6.45) is 0. The number of sulfonamides is 1. The molecule has 15 heavy (non-hydrogen) atoms. The maximum atomic E-state index is 11.1. The second-order valence-electron chi connectivity index (χ2n) is 2.84. The van der Waals surface area contributed by atoms with Crippen LogP contribution in [0, 0.1) is 0 Å². The minimum Gasteiger partial charge on any atom is -0.377 e. The molecule has 6 nitrogen and oxygen atoms in total. The van der Waals surface area contributed by atoms with Crippen LogP contribution in [0.25, 0.3) is 0 Å². The van der Waals surface area contributed by atoms with E-state index in [0.717, 1.165) is 0 Å². The van der Waals surface area contributed by atoms with Crippen molar-refractivity contribution in [3.63, 3.8) is 0 Å². The van der Waals surface area contributed by atoms with Gasteiger partial charge in [0.25, 0.3) is 0 Å². The van der Waals surface area contributed by atoms with E-state index in [4.69, 9.17) is 13.3 Å². The highest BCUT2D eigenvalue weighted by atomic mass is 32.2. The topological polar surface area (TPSA) is 73.9 Å². The Kier molecular flexibility index (Phi) is 6.56. The van der Waals surface area contributed by atoms with Gasteiger partial charge in [0.05, 0.1) is 5.75 Å². The number of nitrogens with one attached hydrogen (secondary N) is 1. The molecule has 0 aliphatic carbocycles. The molecule has 0 aromatic rings. The average molecular weight is 257 g/mol. The second kappa shape index (κ2) is 6.56. The summed E-state index contributed by atoms with van der Waals surface area (Å²) in [4.78, 5) is 0. The molecule has 0 aliphatic heterocycles. The van der Waals surface area contributed by atoms with Crippen LogP contribution in [0.3, 0.4) is 0 Å². The molecule has 0 aromatic heterocycles. The van der Waals surface area contributed by atoms with Gasteiger partial charge in [0.2, 0.25) is 10.0 Å². The second-order valence-corrected chi connectivity index (χ2v) is 8.03. The first-order valence-corrected chi connectivity index (χ1v) is 8.16. The first kappa shape index (κ1) is 15.0. The third-order valence-electron chi connectivity index (χ3n) is 2.07. The Morgan fingerprint density at radius 1 is 1.13 bits per heavy atom. The largest absolute Gasteiger partial charge is 0.501 e. The predicted octanol–water partition coefficient (Wildman–Crippen LogP) is -0.196.